The predicted molar refractivity (Wildman–Crippen MR) is 365 cm³/mol. The van der Waals surface area contributed by atoms with Gasteiger partial charge in [0, 0.05) is 56.3 Å². The summed E-state index contributed by atoms with van der Waals surface area (Å²) in [6.07, 6.45) is 13.3. The molecule has 1 heterocycles. The molecule has 0 aliphatic carbocycles. The van der Waals surface area contributed by atoms with Crippen LogP contribution in [0, 0.1) is 61.2 Å². The Hall–Kier alpha value is -7.32. The highest BCUT2D eigenvalue weighted by atomic mass is 16.5. The molecule has 1 aliphatic heterocycles. The average Bonchev–Trinajstić information content (AvgIpc) is 0.839. The van der Waals surface area contributed by atoms with Gasteiger partial charge in [-0.15, -0.1) is 25.7 Å². The Kier molecular flexibility index (Phi) is 46.3. The Bertz CT molecular complexity index is 2440. The molecule has 0 bridgehead atoms. The van der Waals surface area contributed by atoms with Gasteiger partial charge in [-0.25, -0.2) is 0 Å². The van der Waals surface area contributed by atoms with E-state index in [-0.39, 0.29) is 55.8 Å². The lowest BCUT2D eigenvalue weighted by molar-refractivity contribution is -0.162. The van der Waals surface area contributed by atoms with Gasteiger partial charge in [-0.1, -0.05) is 110 Å². The van der Waals surface area contributed by atoms with E-state index in [2.05, 4.69) is 60.8 Å². The number of carbonyl (C=O) groups is 12. The molecule has 1 saturated heterocycles. The molecule has 11 amide bonds. The molecule has 540 valence electrons. The van der Waals surface area contributed by atoms with Crippen molar-refractivity contribution in [1.82, 2.24) is 55.6 Å². The number of ether oxygens (including phenoxy) is 1. The molecule has 1 aliphatic rings. The van der Waals surface area contributed by atoms with Crippen LogP contribution in [-0.2, 0) is 62.3 Å². The van der Waals surface area contributed by atoms with Gasteiger partial charge in [0.2, 0.25) is 65.0 Å². The van der Waals surface area contributed by atoms with E-state index in [0.717, 1.165) is 26.5 Å². The van der Waals surface area contributed by atoms with E-state index >= 15 is 0 Å². The lowest BCUT2D eigenvalue weighted by Crippen LogP contribution is -2.60. The number of nitrogens with zero attached hydrogens (tertiary/aromatic N) is 7. The summed E-state index contributed by atoms with van der Waals surface area (Å²) in [5.41, 5.74) is 0. The van der Waals surface area contributed by atoms with Crippen LogP contribution in [0.1, 0.15) is 170 Å². The molecular weight excluding hydrogens is 1210 g/mol. The second kappa shape index (κ2) is 46.7. The number of hydrogen-bond donors (Lipinski definition) is 6. The number of carbonyl (C=O) groups excluding carboxylic acids is 12. The first-order valence-electron chi connectivity index (χ1n) is 32.7. The van der Waals surface area contributed by atoms with Gasteiger partial charge in [-0.05, 0) is 88.4 Å². The number of hydrogen-bond acceptors (Lipinski definition) is 15. The third-order valence-corrected chi connectivity index (χ3v) is 15.4. The largest absolute Gasteiger partial charge is 0.459 e. The number of nitrogens with one attached hydrogen (secondary N) is 4. The van der Waals surface area contributed by atoms with Gasteiger partial charge < -0.3 is 70.5 Å². The van der Waals surface area contributed by atoms with Gasteiger partial charge in [0.15, 0.2) is 0 Å². The van der Waals surface area contributed by atoms with E-state index in [1.807, 2.05) is 69.2 Å². The zero-order valence-corrected chi connectivity index (χ0v) is 61.8. The Morgan fingerprint density at radius 2 is 0.872 bits per heavy atom. The monoisotopic (exact) mass is 1330 g/mol. The highest BCUT2D eigenvalue weighted by Gasteiger charge is 2.44. The molecule has 6 N–H and O–H groups in total. The molecule has 1 rings (SSSR count). The van der Waals surface area contributed by atoms with E-state index in [1.165, 1.54) is 98.1 Å². The molecule has 12 atom stereocenters. The van der Waals surface area contributed by atoms with Crippen molar-refractivity contribution in [2.24, 2.45) is 35.5 Å². The van der Waals surface area contributed by atoms with Gasteiger partial charge in [0.25, 0.3) is 0 Å². The van der Waals surface area contributed by atoms with E-state index in [9.17, 15) is 67.7 Å². The summed E-state index contributed by atoms with van der Waals surface area (Å²) in [6, 6.07) is -10.1. The quantitative estimate of drug-likeness (QED) is 0.101. The van der Waals surface area contributed by atoms with Crippen molar-refractivity contribution in [3.63, 3.8) is 0 Å². The molecule has 0 spiro atoms. The Morgan fingerprint density at radius 1 is 0.500 bits per heavy atom. The smallest absolute Gasteiger partial charge is 0.303 e. The average molecular weight is 1330 g/mol. The normalized spacial score (nSPS) is 23.5. The van der Waals surface area contributed by atoms with Crippen molar-refractivity contribution in [2.45, 2.75) is 237 Å². The lowest BCUT2D eigenvalue weighted by atomic mass is 9.89. The summed E-state index contributed by atoms with van der Waals surface area (Å²) >= 11 is 0. The summed E-state index contributed by atoms with van der Waals surface area (Å²) in [5, 5.41) is 31.6. The minimum Gasteiger partial charge on any atom is -0.459 e. The predicted octanol–water partition coefficient (Wildman–Crippen LogP) is 3.14. The second-order valence-corrected chi connectivity index (χ2v) is 26.0. The highest BCUT2D eigenvalue weighted by Crippen LogP contribution is 2.25. The molecule has 94 heavy (non-hydrogen) atoms. The minimum absolute atomic E-state index is 0.0957. The third kappa shape index (κ3) is 31.3. The van der Waals surface area contributed by atoms with Crippen molar-refractivity contribution >= 4 is 70.9 Å². The van der Waals surface area contributed by atoms with E-state index < -0.39 is 169 Å². The number of aliphatic hydroxyl groups is 2. The first-order chi connectivity index (χ1) is 43.5. The summed E-state index contributed by atoms with van der Waals surface area (Å²) in [4.78, 5) is 178. The number of amides is 11. The van der Waals surface area contributed by atoms with Crippen molar-refractivity contribution in [1.29, 1.82) is 0 Å². The highest BCUT2D eigenvalue weighted by molar-refractivity contribution is 5.99. The van der Waals surface area contributed by atoms with Crippen LogP contribution in [0.3, 0.4) is 0 Å². The van der Waals surface area contributed by atoms with Gasteiger partial charge in [0.1, 0.15) is 54.4 Å². The first kappa shape index (κ1) is 93.1. The molecule has 0 saturated carbocycles. The molecular formula is C68H123N11O15. The van der Waals surface area contributed by atoms with Crippen LogP contribution in [0.5, 0.6) is 0 Å². The zero-order chi connectivity index (χ0) is 74.7. The van der Waals surface area contributed by atoms with Crippen molar-refractivity contribution < 1.29 is 72.5 Å². The van der Waals surface area contributed by atoms with E-state index in [0.29, 0.717) is 0 Å². The van der Waals surface area contributed by atoms with Crippen molar-refractivity contribution in [2.75, 3.05) is 69.0 Å². The first-order valence-corrected chi connectivity index (χ1v) is 32.7. The van der Waals surface area contributed by atoms with E-state index in [1.54, 1.807) is 13.8 Å². The number of rotatable bonds is 15. The fourth-order valence-electron chi connectivity index (χ4n) is 10.00. The van der Waals surface area contributed by atoms with Gasteiger partial charge in [-0.3, -0.25) is 57.5 Å². The van der Waals surface area contributed by atoms with Crippen LogP contribution in [-0.4, -0.2) is 251 Å². The van der Waals surface area contributed by atoms with Crippen molar-refractivity contribution in [3.8, 4) is 25.7 Å². The number of aliphatic hydroxyl groups excluding tert-OH is 2. The molecule has 0 aromatic rings. The molecule has 4 unspecified atom stereocenters. The van der Waals surface area contributed by atoms with Crippen LogP contribution in [0.15, 0.2) is 0 Å². The Labute approximate surface area is 563 Å². The zero-order valence-electron chi connectivity index (χ0n) is 61.8. The maximum atomic E-state index is 14.8. The molecule has 26 heteroatoms. The molecule has 0 aromatic carbocycles. The topological polar surface area (TPSA) is 325 Å². The second-order valence-electron chi connectivity index (χ2n) is 26.0. The Balaban J connectivity index is -0.00000427. The van der Waals surface area contributed by atoms with Crippen LogP contribution in [0.4, 0.5) is 0 Å². The van der Waals surface area contributed by atoms with Gasteiger partial charge in [0.05, 0.1) is 31.8 Å². The van der Waals surface area contributed by atoms with Gasteiger partial charge in [-0.2, -0.15) is 0 Å². The minimum atomic E-state index is -1.74. The summed E-state index contributed by atoms with van der Waals surface area (Å²) in [5.74, 6) is -11.2. The van der Waals surface area contributed by atoms with Crippen LogP contribution < -0.4 is 21.3 Å². The maximum absolute atomic E-state index is 14.8. The summed E-state index contributed by atoms with van der Waals surface area (Å²) in [7, 11) is 9.40. The number of esters is 1. The Morgan fingerprint density at radius 3 is 1.30 bits per heavy atom. The van der Waals surface area contributed by atoms with E-state index in [4.69, 9.17) is 4.74 Å². The fourth-order valence-corrected chi connectivity index (χ4v) is 10.00. The van der Waals surface area contributed by atoms with Crippen LogP contribution in [0.25, 0.3) is 0 Å². The number of likely N-dealkylation sites (N-methyl/N-ethyl adjacent to an activating group) is 7. The molecule has 0 radical (unpaired) electrons. The number of terminal acetylenes is 2. The third-order valence-electron chi connectivity index (χ3n) is 15.4. The molecule has 26 nitrogen and oxygen atoms in total. The summed E-state index contributed by atoms with van der Waals surface area (Å²) < 4.78 is 5.69. The standard InChI is InChI=1S/C59H105N11O15.C3H8.C2H6.2C2H2/c1-31(2)23-41-54(79)63-49(35(9)10)59(84)67(19)42(24-32(3)4)53(78)61-37(12)52(77)62-38(13)56(81)68(20)44(26-34(7)8)58(83)69(21)43(25-33(5)6)57(82)65(17)30-48(76)70(22)50(51(85-40(15)72)36(11)27-45(73)39(14)71)55(80)60-28-46(74)64(16)29-47(75)66(41)18;1-3-2;3*1-2/h31-39,41-45,49-51,71,73H,23-30H2,1-22H3,(H,60,80)(H,61,78)(H,62,77)(H,63,79);3H2,1-2H3;1-2H3;2*1-2H/t36-,37+,38-,39?,41+,42+,43+,44+,45?,49?,50?,51-;;;;/m1..../s1. The molecule has 1 fully saturated rings. The van der Waals surface area contributed by atoms with Gasteiger partial charge >= 0.3 is 5.97 Å². The maximum Gasteiger partial charge on any atom is 0.303 e. The van der Waals surface area contributed by atoms with Crippen molar-refractivity contribution in [3.05, 3.63) is 0 Å². The van der Waals surface area contributed by atoms with Crippen LogP contribution >= 0.6 is 0 Å². The van der Waals surface area contributed by atoms with Crippen LogP contribution in [0.2, 0.25) is 0 Å². The summed E-state index contributed by atoms with van der Waals surface area (Å²) in [6.45, 7) is 31.0. The SMILES string of the molecule is C#C.C#C.CC.CC(=O)O[C@@H](C1C(=O)NCC(=O)N(C)CC(=O)N(C)[C@@H](CC(C)C)C(=O)NC(C(C)C)C(=O)N(C)[C@@H](CC(C)C)C(=O)N[C@@H](C)C(=O)N[C@H](C)C(=O)N(C)[C@@H](CC(C)C)C(=O)N(C)[C@@H](CC(C)C)C(=O)N(C)CC(=O)N1C)[C@H](C)CC(O)C(C)O.CCC. The fraction of sp³-hybridized carbons (Fsp3) is 0.765. The molecule has 0 aromatic heterocycles. The lowest BCUT2D eigenvalue weighted by Gasteiger charge is -2.39.